The van der Waals surface area contributed by atoms with Crippen LogP contribution in [0, 0.1) is 0 Å². The molecule has 7 heteroatoms. The van der Waals surface area contributed by atoms with Gasteiger partial charge in [-0.1, -0.05) is 31.7 Å². The fraction of sp³-hybridized carbons (Fsp3) is 0.423. The van der Waals surface area contributed by atoms with E-state index in [1.807, 2.05) is 16.5 Å². The summed E-state index contributed by atoms with van der Waals surface area (Å²) in [4.78, 5) is 7.43. The maximum Gasteiger partial charge on any atom is 0.187 e. The minimum atomic E-state index is 0. The van der Waals surface area contributed by atoms with Gasteiger partial charge in [-0.05, 0) is 55.4 Å². The highest BCUT2D eigenvalue weighted by molar-refractivity contribution is 5.88. The summed E-state index contributed by atoms with van der Waals surface area (Å²) in [6.45, 7) is 4.20. The number of methoxy groups -OCH3 is 1. The third-order valence-electron chi connectivity index (χ3n) is 7.01. The molecule has 6 rings (SSSR count). The Morgan fingerprint density at radius 1 is 1.06 bits per heavy atom. The van der Waals surface area contributed by atoms with Crippen molar-refractivity contribution >= 4 is 16.6 Å². The third-order valence-corrected chi connectivity index (χ3v) is 7.01. The van der Waals surface area contributed by atoms with E-state index in [1.165, 1.54) is 24.0 Å². The zero-order chi connectivity index (χ0) is 21.8. The smallest absolute Gasteiger partial charge is 0.187 e. The summed E-state index contributed by atoms with van der Waals surface area (Å²) >= 11 is 0. The summed E-state index contributed by atoms with van der Waals surface area (Å²) in [6.07, 6.45) is 5.64. The first-order valence-corrected chi connectivity index (χ1v) is 11.4. The Labute approximate surface area is 194 Å². The summed E-state index contributed by atoms with van der Waals surface area (Å²) in [5.41, 5.74) is 11.1. The summed E-state index contributed by atoms with van der Waals surface area (Å²) in [7, 11) is 1.74. The third kappa shape index (κ3) is 3.75. The molecule has 4 aromatic rings. The van der Waals surface area contributed by atoms with Gasteiger partial charge in [0.2, 0.25) is 0 Å². The van der Waals surface area contributed by atoms with Gasteiger partial charge in [-0.25, -0.2) is 4.98 Å². The average Bonchev–Trinajstić information content (AvgIpc) is 3.43. The van der Waals surface area contributed by atoms with Crippen LogP contribution < -0.4 is 10.5 Å². The highest BCUT2D eigenvalue weighted by Crippen LogP contribution is 2.46. The highest BCUT2D eigenvalue weighted by atomic mass is 16.5. The van der Waals surface area contributed by atoms with Crippen LogP contribution in [0.25, 0.3) is 28.1 Å². The number of benzene rings is 1. The van der Waals surface area contributed by atoms with E-state index in [0.717, 1.165) is 53.3 Å². The second-order valence-electron chi connectivity index (χ2n) is 9.16. The van der Waals surface area contributed by atoms with Gasteiger partial charge in [0.15, 0.2) is 11.5 Å². The normalized spacial score (nSPS) is 19.7. The van der Waals surface area contributed by atoms with Crippen LogP contribution >= 0.6 is 0 Å². The van der Waals surface area contributed by atoms with Gasteiger partial charge in [0.1, 0.15) is 17.0 Å². The molecule has 172 valence electrons. The number of rotatable bonds is 5. The van der Waals surface area contributed by atoms with Gasteiger partial charge < -0.3 is 10.5 Å². The monoisotopic (exact) mass is 444 g/mol. The van der Waals surface area contributed by atoms with Crippen molar-refractivity contribution in [3.63, 3.8) is 0 Å². The Kier molecular flexibility index (Phi) is 5.54. The standard InChI is InChI=1S/C25H28N6O.CH4/c1-15(30-12-11-19(26)14-30)18-7-10-22-28-29-25(31(22)13-18)21-9-6-17-5-8-20(16-3-4-16)24(32-2)23(17)27-21;/h5-10,13,15-16,19H,3-4,11-12,14,26H2,1-2H3;1H4/t15-,19-;/m0./s1. The molecule has 0 spiro atoms. The first-order chi connectivity index (χ1) is 15.6. The van der Waals surface area contributed by atoms with Crippen LogP contribution in [0.2, 0.25) is 0 Å². The molecule has 0 amide bonds. The van der Waals surface area contributed by atoms with Crippen LogP contribution in [0.1, 0.15) is 56.7 Å². The molecule has 33 heavy (non-hydrogen) atoms. The van der Waals surface area contributed by atoms with Crippen LogP contribution in [0.5, 0.6) is 5.75 Å². The van der Waals surface area contributed by atoms with E-state index in [2.05, 4.69) is 52.5 Å². The Morgan fingerprint density at radius 3 is 2.61 bits per heavy atom. The molecule has 0 unspecified atom stereocenters. The van der Waals surface area contributed by atoms with Gasteiger partial charge in [-0.2, -0.15) is 0 Å². The molecule has 1 saturated heterocycles. The molecule has 1 aliphatic heterocycles. The number of hydrogen-bond acceptors (Lipinski definition) is 6. The van der Waals surface area contributed by atoms with E-state index in [-0.39, 0.29) is 19.5 Å². The van der Waals surface area contributed by atoms with Crippen LogP contribution in [-0.4, -0.2) is 50.7 Å². The largest absolute Gasteiger partial charge is 0.494 e. The second-order valence-corrected chi connectivity index (χ2v) is 9.16. The van der Waals surface area contributed by atoms with Crippen molar-refractivity contribution in [1.29, 1.82) is 0 Å². The maximum atomic E-state index is 6.13. The number of ether oxygens (including phenoxy) is 1. The molecule has 0 bridgehead atoms. The summed E-state index contributed by atoms with van der Waals surface area (Å²) < 4.78 is 7.86. The number of likely N-dealkylation sites (tertiary alicyclic amines) is 1. The molecule has 0 radical (unpaired) electrons. The van der Waals surface area contributed by atoms with Crippen molar-refractivity contribution in [2.75, 3.05) is 20.2 Å². The zero-order valence-electron chi connectivity index (χ0n) is 18.5. The first-order valence-electron chi connectivity index (χ1n) is 11.4. The van der Waals surface area contributed by atoms with Gasteiger partial charge in [0.05, 0.1) is 7.11 Å². The van der Waals surface area contributed by atoms with Gasteiger partial charge >= 0.3 is 0 Å². The van der Waals surface area contributed by atoms with Crippen LogP contribution in [0.15, 0.2) is 42.6 Å². The van der Waals surface area contributed by atoms with Crippen molar-refractivity contribution in [2.24, 2.45) is 5.73 Å². The number of aromatic nitrogens is 4. The van der Waals surface area contributed by atoms with Gasteiger partial charge in [-0.15, -0.1) is 10.2 Å². The molecule has 1 saturated carbocycles. The van der Waals surface area contributed by atoms with Crippen molar-refractivity contribution in [3.8, 4) is 17.3 Å². The first kappa shape index (κ1) is 21.8. The molecular formula is C26H32N6O. The minimum Gasteiger partial charge on any atom is -0.494 e. The Bertz CT molecular complexity index is 1310. The fourth-order valence-corrected chi connectivity index (χ4v) is 4.94. The molecular weight excluding hydrogens is 412 g/mol. The lowest BCUT2D eigenvalue weighted by molar-refractivity contribution is 0.259. The van der Waals surface area contributed by atoms with E-state index >= 15 is 0 Å². The zero-order valence-corrected chi connectivity index (χ0v) is 18.5. The predicted octanol–water partition coefficient (Wildman–Crippen LogP) is 4.56. The van der Waals surface area contributed by atoms with Gasteiger partial charge in [0, 0.05) is 36.8 Å². The Hall–Kier alpha value is -3.03. The van der Waals surface area contributed by atoms with Gasteiger partial charge in [0.25, 0.3) is 0 Å². The maximum absolute atomic E-state index is 6.13. The van der Waals surface area contributed by atoms with Crippen LogP contribution in [-0.2, 0) is 0 Å². The molecule has 3 aromatic heterocycles. The predicted molar refractivity (Wildman–Crippen MR) is 132 cm³/mol. The van der Waals surface area contributed by atoms with E-state index < -0.39 is 0 Å². The quantitative estimate of drug-likeness (QED) is 0.486. The van der Waals surface area contributed by atoms with Crippen LogP contribution in [0.3, 0.4) is 0 Å². The van der Waals surface area contributed by atoms with Crippen molar-refractivity contribution < 1.29 is 4.74 Å². The number of pyridine rings is 2. The van der Waals surface area contributed by atoms with E-state index in [4.69, 9.17) is 15.5 Å². The molecule has 2 N–H and O–H groups in total. The summed E-state index contributed by atoms with van der Waals surface area (Å²) in [5, 5.41) is 9.95. The average molecular weight is 445 g/mol. The summed E-state index contributed by atoms with van der Waals surface area (Å²) in [5.74, 6) is 2.23. The van der Waals surface area contributed by atoms with Crippen molar-refractivity contribution in [3.05, 3.63) is 53.7 Å². The Morgan fingerprint density at radius 2 is 1.88 bits per heavy atom. The molecule has 1 aromatic carbocycles. The van der Waals surface area contributed by atoms with E-state index in [9.17, 15) is 0 Å². The topological polar surface area (TPSA) is 81.6 Å². The number of hydrogen-bond donors (Lipinski definition) is 1. The van der Waals surface area contributed by atoms with Crippen molar-refractivity contribution in [1.82, 2.24) is 24.5 Å². The SMILES string of the molecule is C.COc1c(C2CC2)ccc2ccc(-c3nnc4ccc([C@H](C)N5CC[C@H](N)C5)cn34)nc12. The van der Waals surface area contributed by atoms with E-state index in [1.54, 1.807) is 7.11 Å². The summed E-state index contributed by atoms with van der Waals surface area (Å²) in [6, 6.07) is 13.2. The molecule has 2 atom stereocenters. The molecule has 4 heterocycles. The highest BCUT2D eigenvalue weighted by Gasteiger charge is 2.28. The lowest BCUT2D eigenvalue weighted by Gasteiger charge is -2.24. The van der Waals surface area contributed by atoms with E-state index in [0.29, 0.717) is 5.92 Å². The molecule has 7 nitrogen and oxygen atoms in total. The second kappa shape index (κ2) is 8.39. The Balaban J connectivity index is 0.00000228. The van der Waals surface area contributed by atoms with Crippen molar-refractivity contribution in [2.45, 2.75) is 51.6 Å². The fourth-order valence-electron chi connectivity index (χ4n) is 4.94. The number of nitrogens with two attached hydrogens (primary N) is 1. The lowest BCUT2D eigenvalue weighted by atomic mass is 10.1. The number of fused-ring (bicyclic) bond motifs is 2. The molecule has 2 aliphatic rings. The van der Waals surface area contributed by atoms with Crippen LogP contribution in [0.4, 0.5) is 0 Å². The lowest BCUT2D eigenvalue weighted by Crippen LogP contribution is -2.28. The number of nitrogens with zero attached hydrogens (tertiary/aromatic N) is 5. The van der Waals surface area contributed by atoms with Gasteiger partial charge in [-0.3, -0.25) is 9.30 Å². The minimum absolute atomic E-state index is 0. The molecule has 1 aliphatic carbocycles. The molecule has 2 fully saturated rings.